The molecule has 0 bridgehead atoms. The minimum Gasteiger partial charge on any atom is -0.344 e. The SMILES string of the molecule is CC(C)(NC(=O)[C@H]1[C@@H]2CNC[C@@]21C)c1nc(C2CC2)c2ccccn12. The van der Waals surface area contributed by atoms with Crippen LogP contribution in [0.3, 0.4) is 0 Å². The van der Waals surface area contributed by atoms with Crippen LogP contribution in [0.5, 0.6) is 0 Å². The van der Waals surface area contributed by atoms with E-state index in [9.17, 15) is 4.79 Å². The Kier molecular flexibility index (Phi) is 2.98. The summed E-state index contributed by atoms with van der Waals surface area (Å²) < 4.78 is 2.16. The van der Waals surface area contributed by atoms with Crippen molar-refractivity contribution in [3.05, 3.63) is 35.9 Å². The number of carbonyl (C=O) groups excluding carboxylic acids is 1. The predicted molar refractivity (Wildman–Crippen MR) is 96.3 cm³/mol. The summed E-state index contributed by atoms with van der Waals surface area (Å²) in [5, 5.41) is 6.70. The van der Waals surface area contributed by atoms with E-state index in [1.54, 1.807) is 0 Å². The maximum Gasteiger partial charge on any atom is 0.224 e. The summed E-state index contributed by atoms with van der Waals surface area (Å²) in [7, 11) is 0. The van der Waals surface area contributed by atoms with E-state index < -0.39 is 5.54 Å². The van der Waals surface area contributed by atoms with Crippen LogP contribution in [-0.2, 0) is 10.3 Å². The van der Waals surface area contributed by atoms with E-state index in [4.69, 9.17) is 4.98 Å². The molecule has 3 fully saturated rings. The largest absolute Gasteiger partial charge is 0.344 e. The topological polar surface area (TPSA) is 58.4 Å². The van der Waals surface area contributed by atoms with Gasteiger partial charge in [0.1, 0.15) is 5.82 Å². The van der Waals surface area contributed by atoms with Gasteiger partial charge in [-0.1, -0.05) is 13.0 Å². The Morgan fingerprint density at radius 1 is 1.40 bits per heavy atom. The van der Waals surface area contributed by atoms with Crippen molar-refractivity contribution >= 4 is 11.4 Å². The van der Waals surface area contributed by atoms with Crippen LogP contribution in [0.1, 0.15) is 51.0 Å². The van der Waals surface area contributed by atoms with Gasteiger partial charge in [0.25, 0.3) is 0 Å². The summed E-state index contributed by atoms with van der Waals surface area (Å²) in [6.07, 6.45) is 4.51. The average molecular weight is 338 g/mol. The van der Waals surface area contributed by atoms with Crippen molar-refractivity contribution in [1.29, 1.82) is 0 Å². The Morgan fingerprint density at radius 3 is 2.88 bits per heavy atom. The van der Waals surface area contributed by atoms with E-state index in [0.717, 1.165) is 18.9 Å². The molecule has 0 radical (unpaired) electrons. The van der Waals surface area contributed by atoms with Gasteiger partial charge in [0.05, 0.1) is 16.7 Å². The molecule has 132 valence electrons. The molecule has 25 heavy (non-hydrogen) atoms. The number of rotatable bonds is 4. The summed E-state index contributed by atoms with van der Waals surface area (Å²) >= 11 is 0. The van der Waals surface area contributed by atoms with Crippen molar-refractivity contribution in [1.82, 2.24) is 20.0 Å². The number of hydrogen-bond donors (Lipinski definition) is 2. The lowest BCUT2D eigenvalue weighted by Crippen LogP contribution is -2.44. The molecular weight excluding hydrogens is 312 g/mol. The number of fused-ring (bicyclic) bond motifs is 2. The smallest absolute Gasteiger partial charge is 0.224 e. The maximum absolute atomic E-state index is 12.9. The summed E-state index contributed by atoms with van der Waals surface area (Å²) in [5.74, 6) is 2.34. The zero-order chi connectivity index (χ0) is 17.4. The van der Waals surface area contributed by atoms with Gasteiger partial charge in [-0.2, -0.15) is 0 Å². The van der Waals surface area contributed by atoms with Crippen molar-refractivity contribution < 1.29 is 4.79 Å². The lowest BCUT2D eigenvalue weighted by molar-refractivity contribution is -0.125. The summed E-state index contributed by atoms with van der Waals surface area (Å²) in [6.45, 7) is 8.29. The van der Waals surface area contributed by atoms with Crippen LogP contribution < -0.4 is 10.6 Å². The van der Waals surface area contributed by atoms with Crippen molar-refractivity contribution in [3.8, 4) is 0 Å². The van der Waals surface area contributed by atoms with E-state index in [1.165, 1.54) is 24.1 Å². The minimum absolute atomic E-state index is 0.141. The molecule has 1 aliphatic heterocycles. The third-order valence-corrected chi connectivity index (χ3v) is 6.54. The maximum atomic E-state index is 12.9. The van der Waals surface area contributed by atoms with Gasteiger partial charge >= 0.3 is 0 Å². The first-order valence-electron chi connectivity index (χ1n) is 9.42. The number of aromatic nitrogens is 2. The monoisotopic (exact) mass is 338 g/mol. The fourth-order valence-corrected chi connectivity index (χ4v) is 4.83. The van der Waals surface area contributed by atoms with E-state index >= 15 is 0 Å². The standard InChI is InChI=1S/C20H26N4O/c1-19(2,23-17(25)15-13-10-21-11-20(13,15)3)18-22-16(12-7-8-12)14-6-4-5-9-24(14)18/h4-6,9,12-13,15,21H,7-8,10-11H2,1-3H3,(H,23,25)/t13-,15+,20-/m0/s1. The number of nitrogens with zero attached hydrogens (tertiary/aromatic N) is 2. The van der Waals surface area contributed by atoms with E-state index in [0.29, 0.717) is 11.8 Å². The Balaban J connectivity index is 1.46. The van der Waals surface area contributed by atoms with Crippen molar-refractivity contribution in [2.45, 2.75) is 45.1 Å². The summed E-state index contributed by atoms with van der Waals surface area (Å²) in [5.41, 5.74) is 2.03. The fourth-order valence-electron chi connectivity index (χ4n) is 4.83. The van der Waals surface area contributed by atoms with Crippen LogP contribution in [-0.4, -0.2) is 28.4 Å². The first-order chi connectivity index (χ1) is 11.9. The highest BCUT2D eigenvalue weighted by molar-refractivity contribution is 5.84. The molecule has 1 amide bonds. The third-order valence-electron chi connectivity index (χ3n) is 6.54. The number of nitrogens with one attached hydrogen (secondary N) is 2. The number of amides is 1. The molecule has 2 aliphatic carbocycles. The molecule has 0 unspecified atom stereocenters. The van der Waals surface area contributed by atoms with Gasteiger partial charge in [-0.05, 0) is 56.7 Å². The second-order valence-corrected chi connectivity index (χ2v) is 8.89. The summed E-state index contributed by atoms with van der Waals surface area (Å²) in [6, 6.07) is 6.24. The molecule has 0 spiro atoms. The van der Waals surface area contributed by atoms with Crippen LogP contribution in [0, 0.1) is 17.3 Å². The van der Waals surface area contributed by atoms with Crippen LogP contribution in [0.4, 0.5) is 0 Å². The number of pyridine rings is 1. The highest BCUT2D eigenvalue weighted by Gasteiger charge is 2.67. The average Bonchev–Trinajstić information content (AvgIpc) is 3.41. The molecule has 3 aliphatic rings. The van der Waals surface area contributed by atoms with Crippen LogP contribution >= 0.6 is 0 Å². The first-order valence-corrected chi connectivity index (χ1v) is 9.42. The number of piperidine rings is 1. The Labute approximate surface area is 148 Å². The van der Waals surface area contributed by atoms with E-state index in [1.807, 2.05) is 6.07 Å². The summed E-state index contributed by atoms with van der Waals surface area (Å²) in [4.78, 5) is 17.9. The molecule has 1 saturated heterocycles. The molecule has 3 heterocycles. The molecule has 5 heteroatoms. The van der Waals surface area contributed by atoms with Gasteiger partial charge in [-0.15, -0.1) is 0 Å². The molecule has 2 aromatic heterocycles. The zero-order valence-electron chi connectivity index (χ0n) is 15.2. The van der Waals surface area contributed by atoms with Gasteiger partial charge in [0.2, 0.25) is 5.91 Å². The second kappa shape index (κ2) is 4.85. The van der Waals surface area contributed by atoms with E-state index in [-0.39, 0.29) is 17.2 Å². The van der Waals surface area contributed by atoms with Gasteiger partial charge in [0.15, 0.2) is 0 Å². The van der Waals surface area contributed by atoms with Gasteiger partial charge in [-0.25, -0.2) is 4.98 Å². The number of hydrogen-bond acceptors (Lipinski definition) is 3. The Hall–Kier alpha value is -1.88. The zero-order valence-corrected chi connectivity index (χ0v) is 15.2. The molecule has 2 N–H and O–H groups in total. The lowest BCUT2D eigenvalue weighted by Gasteiger charge is -2.26. The lowest BCUT2D eigenvalue weighted by atomic mass is 10.0. The number of carbonyl (C=O) groups is 1. The molecular formula is C20H26N4O. The highest BCUT2D eigenvalue weighted by atomic mass is 16.2. The van der Waals surface area contributed by atoms with Crippen LogP contribution in [0.25, 0.3) is 5.52 Å². The van der Waals surface area contributed by atoms with Crippen molar-refractivity contribution in [2.75, 3.05) is 13.1 Å². The normalized spacial score (nSPS) is 31.2. The van der Waals surface area contributed by atoms with Crippen molar-refractivity contribution in [2.24, 2.45) is 17.3 Å². The second-order valence-electron chi connectivity index (χ2n) is 8.89. The van der Waals surface area contributed by atoms with Gasteiger partial charge < -0.3 is 15.0 Å². The molecule has 5 nitrogen and oxygen atoms in total. The predicted octanol–water partition coefficient (Wildman–Crippen LogP) is 2.42. The molecule has 2 aromatic rings. The quantitative estimate of drug-likeness (QED) is 0.900. The van der Waals surface area contributed by atoms with Crippen molar-refractivity contribution in [3.63, 3.8) is 0 Å². The van der Waals surface area contributed by atoms with Gasteiger partial charge in [-0.3, -0.25) is 4.79 Å². The first kappa shape index (κ1) is 15.4. The van der Waals surface area contributed by atoms with E-state index in [2.05, 4.69) is 54.1 Å². The molecule has 0 aromatic carbocycles. The third kappa shape index (κ3) is 2.18. The van der Waals surface area contributed by atoms with Crippen LogP contribution in [0.2, 0.25) is 0 Å². The molecule has 5 rings (SSSR count). The molecule has 3 atom stereocenters. The highest BCUT2D eigenvalue weighted by Crippen LogP contribution is 2.60. The van der Waals surface area contributed by atoms with Crippen LogP contribution in [0.15, 0.2) is 24.4 Å². The fraction of sp³-hybridized carbons (Fsp3) is 0.600. The Bertz CT molecular complexity index is 866. The minimum atomic E-state index is -0.491. The Morgan fingerprint density at radius 2 is 2.20 bits per heavy atom. The van der Waals surface area contributed by atoms with Gasteiger partial charge in [0, 0.05) is 24.6 Å². The molecule has 2 saturated carbocycles. The number of imidazole rings is 1.